The number of halogens is 1. The summed E-state index contributed by atoms with van der Waals surface area (Å²) in [7, 11) is 0. The third kappa shape index (κ3) is 3.22. The highest BCUT2D eigenvalue weighted by Crippen LogP contribution is 2.37. The van der Waals surface area contributed by atoms with Crippen LogP contribution >= 0.6 is 11.6 Å². The Bertz CT molecular complexity index is 320. The van der Waals surface area contributed by atoms with Crippen LogP contribution in [0.15, 0.2) is 24.3 Å². The Morgan fingerprint density at radius 3 is 2.87 bits per heavy atom. The van der Waals surface area contributed by atoms with Crippen molar-refractivity contribution in [2.75, 3.05) is 6.54 Å². The summed E-state index contributed by atoms with van der Waals surface area (Å²) in [6, 6.07) is 8.71. The lowest BCUT2D eigenvalue weighted by atomic mass is 10.0. The molecule has 0 amide bonds. The zero-order valence-corrected chi connectivity index (χ0v) is 9.93. The minimum atomic E-state index is 0.487. The highest BCUT2D eigenvalue weighted by Gasteiger charge is 2.25. The lowest BCUT2D eigenvalue weighted by Gasteiger charge is -2.18. The second kappa shape index (κ2) is 5.00. The van der Waals surface area contributed by atoms with E-state index in [1.165, 1.54) is 24.8 Å². The van der Waals surface area contributed by atoms with Crippen molar-refractivity contribution >= 4 is 11.6 Å². The second-order valence-corrected chi connectivity index (χ2v) is 4.78. The summed E-state index contributed by atoms with van der Waals surface area (Å²) in [6.07, 6.45) is 4.07. The molecular weight excluding hydrogens is 206 g/mol. The first kappa shape index (κ1) is 11.0. The third-order valence-corrected chi connectivity index (χ3v) is 3.20. The predicted molar refractivity (Wildman–Crippen MR) is 65.2 cm³/mol. The normalized spacial score (nSPS) is 17.7. The van der Waals surface area contributed by atoms with E-state index in [0.29, 0.717) is 6.04 Å². The van der Waals surface area contributed by atoms with E-state index in [2.05, 4.69) is 24.4 Å². The topological polar surface area (TPSA) is 12.0 Å². The van der Waals surface area contributed by atoms with E-state index < -0.39 is 0 Å². The highest BCUT2D eigenvalue weighted by atomic mass is 35.5. The van der Waals surface area contributed by atoms with Crippen LogP contribution in [0.2, 0.25) is 5.02 Å². The van der Waals surface area contributed by atoms with Crippen molar-refractivity contribution in [3.05, 3.63) is 34.9 Å². The van der Waals surface area contributed by atoms with Crippen molar-refractivity contribution in [1.29, 1.82) is 0 Å². The van der Waals surface area contributed by atoms with Crippen LogP contribution in [0.5, 0.6) is 0 Å². The molecule has 1 saturated carbocycles. The number of nitrogens with one attached hydrogen (secondary N) is 1. The smallest absolute Gasteiger partial charge is 0.0409 e. The Morgan fingerprint density at radius 1 is 1.47 bits per heavy atom. The van der Waals surface area contributed by atoms with E-state index >= 15 is 0 Å². The van der Waals surface area contributed by atoms with Gasteiger partial charge in [-0.2, -0.15) is 0 Å². The molecule has 1 atom stereocenters. The molecule has 0 saturated heterocycles. The Kier molecular flexibility index (Phi) is 3.66. The molecule has 1 N–H and O–H groups in total. The summed E-state index contributed by atoms with van der Waals surface area (Å²) < 4.78 is 0. The Hall–Kier alpha value is -0.530. The molecule has 1 unspecified atom stereocenters. The molecule has 0 heterocycles. The van der Waals surface area contributed by atoms with Crippen molar-refractivity contribution < 1.29 is 0 Å². The molecule has 0 bridgehead atoms. The first-order chi connectivity index (χ1) is 7.29. The van der Waals surface area contributed by atoms with E-state index in [9.17, 15) is 0 Å². The monoisotopic (exact) mass is 223 g/mol. The van der Waals surface area contributed by atoms with Crippen molar-refractivity contribution in [2.24, 2.45) is 5.92 Å². The minimum absolute atomic E-state index is 0.487. The molecule has 0 spiro atoms. The number of benzene rings is 1. The van der Waals surface area contributed by atoms with Crippen LogP contribution in [-0.2, 0) is 0 Å². The van der Waals surface area contributed by atoms with Crippen LogP contribution in [0.1, 0.15) is 37.8 Å². The van der Waals surface area contributed by atoms with Gasteiger partial charge in [-0.1, -0.05) is 43.5 Å². The fourth-order valence-electron chi connectivity index (χ4n) is 1.99. The van der Waals surface area contributed by atoms with Gasteiger partial charge in [-0.05, 0) is 36.6 Å². The summed E-state index contributed by atoms with van der Waals surface area (Å²) in [4.78, 5) is 0. The number of hydrogen-bond acceptors (Lipinski definition) is 1. The third-order valence-electron chi connectivity index (χ3n) is 2.97. The van der Waals surface area contributed by atoms with Crippen LogP contribution in [0.4, 0.5) is 0 Å². The van der Waals surface area contributed by atoms with E-state index in [1.807, 2.05) is 12.1 Å². The molecule has 1 fully saturated rings. The lowest BCUT2D eigenvalue weighted by Crippen LogP contribution is -2.21. The molecule has 0 aliphatic heterocycles. The first-order valence-corrected chi connectivity index (χ1v) is 6.16. The molecule has 1 aromatic carbocycles. The first-order valence-electron chi connectivity index (χ1n) is 5.78. The zero-order valence-electron chi connectivity index (χ0n) is 9.17. The summed E-state index contributed by atoms with van der Waals surface area (Å²) in [5, 5.41) is 4.38. The van der Waals surface area contributed by atoms with Gasteiger partial charge < -0.3 is 5.32 Å². The van der Waals surface area contributed by atoms with Crippen LogP contribution < -0.4 is 5.32 Å². The van der Waals surface area contributed by atoms with Crippen LogP contribution in [0, 0.1) is 5.92 Å². The molecule has 82 valence electrons. The Morgan fingerprint density at radius 2 is 2.27 bits per heavy atom. The highest BCUT2D eigenvalue weighted by molar-refractivity contribution is 6.30. The quantitative estimate of drug-likeness (QED) is 0.801. The molecule has 1 aliphatic carbocycles. The minimum Gasteiger partial charge on any atom is -0.310 e. The van der Waals surface area contributed by atoms with E-state index in [1.54, 1.807) is 0 Å². The molecule has 0 radical (unpaired) electrons. The van der Waals surface area contributed by atoms with Crippen molar-refractivity contribution in [1.82, 2.24) is 5.32 Å². The van der Waals surface area contributed by atoms with Gasteiger partial charge in [0.2, 0.25) is 0 Å². The zero-order chi connectivity index (χ0) is 10.7. The number of rotatable bonds is 5. The molecule has 2 heteroatoms. The SMILES string of the molecule is CCNC(CC1CC1)c1cccc(Cl)c1. The standard InChI is InChI=1S/C13H18ClN/c1-2-15-13(8-10-6-7-10)11-4-3-5-12(14)9-11/h3-5,9-10,13,15H,2,6-8H2,1H3. The van der Waals surface area contributed by atoms with Gasteiger partial charge in [0.05, 0.1) is 0 Å². The van der Waals surface area contributed by atoms with Crippen LogP contribution in [0.3, 0.4) is 0 Å². The van der Waals surface area contributed by atoms with Crippen molar-refractivity contribution in [2.45, 2.75) is 32.2 Å². The molecule has 0 aromatic heterocycles. The molecule has 2 rings (SSSR count). The Labute approximate surface area is 96.8 Å². The van der Waals surface area contributed by atoms with Gasteiger partial charge in [0, 0.05) is 11.1 Å². The van der Waals surface area contributed by atoms with Gasteiger partial charge in [0.15, 0.2) is 0 Å². The number of hydrogen-bond donors (Lipinski definition) is 1. The van der Waals surface area contributed by atoms with Crippen molar-refractivity contribution in [3.63, 3.8) is 0 Å². The predicted octanol–water partition coefficient (Wildman–Crippen LogP) is 3.79. The van der Waals surface area contributed by atoms with E-state index in [0.717, 1.165) is 17.5 Å². The molecule has 15 heavy (non-hydrogen) atoms. The van der Waals surface area contributed by atoms with E-state index in [4.69, 9.17) is 11.6 Å². The van der Waals surface area contributed by atoms with Crippen LogP contribution in [0.25, 0.3) is 0 Å². The average molecular weight is 224 g/mol. The largest absolute Gasteiger partial charge is 0.310 e. The molecule has 1 aromatic rings. The van der Waals surface area contributed by atoms with Gasteiger partial charge in [0.25, 0.3) is 0 Å². The molecular formula is C13H18ClN. The fraction of sp³-hybridized carbons (Fsp3) is 0.538. The maximum Gasteiger partial charge on any atom is 0.0409 e. The van der Waals surface area contributed by atoms with Gasteiger partial charge in [-0.15, -0.1) is 0 Å². The molecule has 1 aliphatic rings. The van der Waals surface area contributed by atoms with Crippen LogP contribution in [-0.4, -0.2) is 6.54 Å². The Balaban J connectivity index is 2.07. The van der Waals surface area contributed by atoms with Gasteiger partial charge >= 0.3 is 0 Å². The maximum absolute atomic E-state index is 6.01. The summed E-state index contributed by atoms with van der Waals surface area (Å²) in [5.74, 6) is 0.938. The van der Waals surface area contributed by atoms with Gasteiger partial charge in [-0.3, -0.25) is 0 Å². The second-order valence-electron chi connectivity index (χ2n) is 4.34. The molecule has 1 nitrogen and oxygen atoms in total. The average Bonchev–Trinajstić information content (AvgIpc) is 3.01. The van der Waals surface area contributed by atoms with Gasteiger partial charge in [0.1, 0.15) is 0 Å². The lowest BCUT2D eigenvalue weighted by molar-refractivity contribution is 0.487. The summed E-state index contributed by atoms with van der Waals surface area (Å²) >= 11 is 6.01. The van der Waals surface area contributed by atoms with Gasteiger partial charge in [-0.25, -0.2) is 0 Å². The summed E-state index contributed by atoms with van der Waals surface area (Å²) in [6.45, 7) is 3.17. The maximum atomic E-state index is 6.01. The van der Waals surface area contributed by atoms with E-state index in [-0.39, 0.29) is 0 Å². The fourth-order valence-corrected chi connectivity index (χ4v) is 2.19. The van der Waals surface area contributed by atoms with Crippen molar-refractivity contribution in [3.8, 4) is 0 Å². The summed E-state index contributed by atoms with van der Waals surface area (Å²) in [5.41, 5.74) is 1.33.